The third-order valence-electron chi connectivity index (χ3n) is 3.69. The number of carbonyl (C=O) groups is 1. The molecule has 1 fully saturated rings. The van der Waals surface area contributed by atoms with E-state index in [9.17, 15) is 14.9 Å². The number of carbonyl (C=O) groups excluding carboxylic acids is 1. The number of nitrogens with zero attached hydrogens (tertiary/aromatic N) is 2. The van der Waals surface area contributed by atoms with Crippen LogP contribution in [0.4, 0.5) is 11.4 Å². The van der Waals surface area contributed by atoms with Gasteiger partial charge < -0.3 is 0 Å². The second-order valence-electron chi connectivity index (χ2n) is 5.96. The molecule has 0 amide bonds. The number of anilines is 1. The van der Waals surface area contributed by atoms with E-state index in [0.717, 1.165) is 5.71 Å². The highest BCUT2D eigenvalue weighted by molar-refractivity contribution is 6.31. The first-order chi connectivity index (χ1) is 9.17. The van der Waals surface area contributed by atoms with Gasteiger partial charge in [0.05, 0.1) is 27.2 Å². The first-order valence-corrected chi connectivity index (χ1v) is 6.31. The Labute approximate surface area is 117 Å². The van der Waals surface area contributed by atoms with Crippen molar-refractivity contribution < 1.29 is 9.72 Å². The van der Waals surface area contributed by atoms with Gasteiger partial charge in [-0.25, -0.2) is 0 Å². The number of Topliss-reactive ketones (excluding diaryl/α,β-unsaturated/α-hetero) is 1. The minimum atomic E-state index is -0.558. The Bertz CT molecular complexity index is 581. The van der Waals surface area contributed by atoms with E-state index in [4.69, 9.17) is 0 Å². The van der Waals surface area contributed by atoms with Crippen molar-refractivity contribution in [2.24, 2.45) is 15.9 Å². The molecule has 1 saturated carbocycles. The van der Waals surface area contributed by atoms with Gasteiger partial charge in [0.2, 0.25) is 0 Å². The number of benzene rings is 1. The zero-order valence-corrected chi connectivity index (χ0v) is 11.9. The van der Waals surface area contributed by atoms with E-state index in [0.29, 0.717) is 5.69 Å². The minimum absolute atomic E-state index is 0.0303. The molecular weight excluding hydrogens is 258 g/mol. The molecule has 0 radical (unpaired) electrons. The Morgan fingerprint density at radius 3 is 2.05 bits per heavy atom. The smallest absolute Gasteiger partial charge is 0.269 e. The Balaban J connectivity index is 2.17. The highest BCUT2D eigenvalue weighted by atomic mass is 16.6. The number of nitrogens with one attached hydrogen (secondary N) is 1. The summed E-state index contributed by atoms with van der Waals surface area (Å²) in [7, 11) is 0. The number of hydrogen-bond donors (Lipinski definition) is 1. The number of nitro groups is 1. The molecule has 2 rings (SSSR count). The van der Waals surface area contributed by atoms with Gasteiger partial charge in [0.1, 0.15) is 0 Å². The first-order valence-electron chi connectivity index (χ1n) is 6.31. The van der Waals surface area contributed by atoms with E-state index >= 15 is 0 Å². The van der Waals surface area contributed by atoms with Gasteiger partial charge in [-0.15, -0.1) is 0 Å². The van der Waals surface area contributed by atoms with Crippen molar-refractivity contribution in [3.05, 3.63) is 34.4 Å². The monoisotopic (exact) mass is 275 g/mol. The van der Waals surface area contributed by atoms with E-state index in [-0.39, 0.29) is 11.5 Å². The topological polar surface area (TPSA) is 84.6 Å². The Morgan fingerprint density at radius 2 is 1.60 bits per heavy atom. The zero-order valence-electron chi connectivity index (χ0n) is 11.9. The van der Waals surface area contributed by atoms with Crippen LogP contribution >= 0.6 is 0 Å². The summed E-state index contributed by atoms with van der Waals surface area (Å²) in [6.07, 6.45) is 0. The average Bonchev–Trinajstić information content (AvgIpc) is 2.38. The van der Waals surface area contributed by atoms with E-state index in [1.54, 1.807) is 12.1 Å². The second kappa shape index (κ2) is 4.40. The Kier molecular flexibility index (Phi) is 3.12. The number of hydrazone groups is 1. The second-order valence-corrected chi connectivity index (χ2v) is 5.96. The fourth-order valence-corrected chi connectivity index (χ4v) is 2.77. The summed E-state index contributed by atoms with van der Waals surface area (Å²) in [4.78, 5) is 22.1. The highest BCUT2D eigenvalue weighted by Gasteiger charge is 2.59. The van der Waals surface area contributed by atoms with Gasteiger partial charge in [0, 0.05) is 12.1 Å². The molecule has 1 aliphatic carbocycles. The van der Waals surface area contributed by atoms with Crippen LogP contribution in [0, 0.1) is 20.9 Å². The standard InChI is InChI=1S/C14H17N3O3/c1-13(2)11(14(3,4)12(13)18)16-15-9-5-7-10(8-6-9)17(19)20/h5-8,15H,1-4H3. The van der Waals surface area contributed by atoms with Crippen LogP contribution in [0.15, 0.2) is 29.4 Å². The Hall–Kier alpha value is -2.24. The van der Waals surface area contributed by atoms with Crippen molar-refractivity contribution in [3.63, 3.8) is 0 Å². The molecule has 1 aromatic rings. The molecule has 6 nitrogen and oxygen atoms in total. The first kappa shape index (κ1) is 14.2. The molecule has 0 spiro atoms. The van der Waals surface area contributed by atoms with Crippen molar-refractivity contribution >= 4 is 22.9 Å². The molecule has 1 N–H and O–H groups in total. The summed E-state index contributed by atoms with van der Waals surface area (Å²) in [5.74, 6) is 0.161. The molecule has 0 unspecified atom stereocenters. The number of non-ortho nitro benzene ring substituents is 1. The third-order valence-corrected chi connectivity index (χ3v) is 3.69. The van der Waals surface area contributed by atoms with E-state index in [1.807, 2.05) is 27.7 Å². The zero-order chi connectivity index (χ0) is 15.1. The lowest BCUT2D eigenvalue weighted by Gasteiger charge is -2.48. The summed E-state index contributed by atoms with van der Waals surface area (Å²) >= 11 is 0. The third kappa shape index (κ3) is 2.07. The summed E-state index contributed by atoms with van der Waals surface area (Å²) in [6, 6.07) is 5.99. The van der Waals surface area contributed by atoms with Gasteiger partial charge in [-0.1, -0.05) is 0 Å². The fourth-order valence-electron chi connectivity index (χ4n) is 2.77. The summed E-state index contributed by atoms with van der Waals surface area (Å²) in [5, 5.41) is 14.9. The van der Waals surface area contributed by atoms with E-state index < -0.39 is 15.8 Å². The molecule has 1 aromatic carbocycles. The maximum Gasteiger partial charge on any atom is 0.269 e. The number of ketones is 1. The quantitative estimate of drug-likeness (QED) is 0.678. The van der Waals surface area contributed by atoms with Crippen LogP contribution in [0.3, 0.4) is 0 Å². The fraction of sp³-hybridized carbons (Fsp3) is 0.429. The molecule has 0 saturated heterocycles. The molecule has 0 heterocycles. The summed E-state index contributed by atoms with van der Waals surface area (Å²) in [6.45, 7) is 7.38. The number of hydrogen-bond acceptors (Lipinski definition) is 5. The lowest BCUT2D eigenvalue weighted by Crippen LogP contribution is -2.61. The number of rotatable bonds is 3. The normalized spacial score (nSPS) is 19.2. The molecule has 0 aliphatic heterocycles. The maximum absolute atomic E-state index is 12.0. The van der Waals surface area contributed by atoms with Crippen molar-refractivity contribution in [3.8, 4) is 0 Å². The van der Waals surface area contributed by atoms with Gasteiger partial charge in [0.25, 0.3) is 5.69 Å². The van der Waals surface area contributed by atoms with Crippen LogP contribution in [0.2, 0.25) is 0 Å². The molecule has 106 valence electrons. The van der Waals surface area contributed by atoms with Crippen molar-refractivity contribution in [2.45, 2.75) is 27.7 Å². The minimum Gasteiger partial charge on any atom is -0.298 e. The SMILES string of the molecule is CC1(C)C(=O)C(C)(C)C1=NNc1ccc([N+](=O)[O-])cc1. The van der Waals surface area contributed by atoms with Crippen LogP contribution in [0.1, 0.15) is 27.7 Å². The molecule has 6 heteroatoms. The van der Waals surface area contributed by atoms with Crippen LogP contribution in [-0.2, 0) is 4.79 Å². The van der Waals surface area contributed by atoms with E-state index in [2.05, 4.69) is 10.5 Å². The summed E-state index contributed by atoms with van der Waals surface area (Å²) < 4.78 is 0. The van der Waals surface area contributed by atoms with Gasteiger partial charge >= 0.3 is 0 Å². The lowest BCUT2D eigenvalue weighted by molar-refractivity contribution is -0.384. The molecule has 0 aromatic heterocycles. The predicted octanol–water partition coefficient (Wildman–Crippen LogP) is 3.00. The predicted molar refractivity (Wildman–Crippen MR) is 76.7 cm³/mol. The van der Waals surface area contributed by atoms with Crippen LogP contribution < -0.4 is 5.43 Å². The summed E-state index contributed by atoms with van der Waals surface area (Å²) in [5.41, 5.74) is 3.20. The van der Waals surface area contributed by atoms with Crippen molar-refractivity contribution in [1.29, 1.82) is 0 Å². The number of nitro benzene ring substituents is 1. The highest BCUT2D eigenvalue weighted by Crippen LogP contribution is 2.47. The Morgan fingerprint density at radius 1 is 1.10 bits per heavy atom. The van der Waals surface area contributed by atoms with Crippen LogP contribution in [0.5, 0.6) is 0 Å². The molecule has 0 atom stereocenters. The van der Waals surface area contributed by atoms with Gasteiger partial charge in [-0.05, 0) is 39.8 Å². The molecule has 1 aliphatic rings. The molecule has 20 heavy (non-hydrogen) atoms. The molecular formula is C14H17N3O3. The van der Waals surface area contributed by atoms with Gasteiger partial charge in [0.15, 0.2) is 5.78 Å². The average molecular weight is 275 g/mol. The van der Waals surface area contributed by atoms with Crippen LogP contribution in [-0.4, -0.2) is 16.4 Å². The molecule has 0 bridgehead atoms. The largest absolute Gasteiger partial charge is 0.298 e. The van der Waals surface area contributed by atoms with Crippen LogP contribution in [0.25, 0.3) is 0 Å². The van der Waals surface area contributed by atoms with E-state index in [1.165, 1.54) is 12.1 Å². The van der Waals surface area contributed by atoms with Gasteiger partial charge in [-0.3, -0.25) is 20.3 Å². The lowest BCUT2D eigenvalue weighted by atomic mass is 9.53. The maximum atomic E-state index is 12.0. The van der Waals surface area contributed by atoms with Crippen molar-refractivity contribution in [1.82, 2.24) is 0 Å². The van der Waals surface area contributed by atoms with Gasteiger partial charge in [-0.2, -0.15) is 5.10 Å². The van der Waals surface area contributed by atoms with Crippen molar-refractivity contribution in [2.75, 3.05) is 5.43 Å².